The number of aromatic nitrogens is 5. The zero-order valence-electron chi connectivity index (χ0n) is 18.0. The van der Waals surface area contributed by atoms with Crippen LogP contribution in [0, 0.1) is 0 Å². The van der Waals surface area contributed by atoms with Crippen LogP contribution in [0.2, 0.25) is 0 Å². The van der Waals surface area contributed by atoms with Gasteiger partial charge in [-0.15, -0.1) is 0 Å². The zero-order valence-corrected chi connectivity index (χ0v) is 18.0. The summed E-state index contributed by atoms with van der Waals surface area (Å²) in [6, 6.07) is 10.8. The summed E-state index contributed by atoms with van der Waals surface area (Å²) in [7, 11) is 3.52. The van der Waals surface area contributed by atoms with Gasteiger partial charge >= 0.3 is 5.97 Å². The van der Waals surface area contributed by atoms with Crippen LogP contribution in [-0.4, -0.2) is 41.3 Å². The van der Waals surface area contributed by atoms with Gasteiger partial charge in [0.15, 0.2) is 5.69 Å². The van der Waals surface area contributed by atoms with Gasteiger partial charge in [-0.2, -0.15) is 5.10 Å². The maximum atomic E-state index is 12.7. The molecule has 0 saturated carbocycles. The van der Waals surface area contributed by atoms with E-state index < -0.39 is 5.97 Å². The fourth-order valence-electron chi connectivity index (χ4n) is 4.09. The first kappa shape index (κ1) is 20.4. The molecule has 0 unspecified atom stereocenters. The number of carbonyl (C=O) groups is 2. The Balaban J connectivity index is 1.47. The smallest absolute Gasteiger partial charge is 0.356 e. The molecule has 0 spiro atoms. The molecule has 10 nitrogen and oxygen atoms in total. The number of amides is 1. The predicted octanol–water partition coefficient (Wildman–Crippen LogP) is 3.01. The first-order valence-electron chi connectivity index (χ1n) is 10.4. The largest absolute Gasteiger partial charge is 0.476 e. The molecule has 0 fully saturated rings. The van der Waals surface area contributed by atoms with Crippen molar-refractivity contribution < 1.29 is 14.7 Å². The van der Waals surface area contributed by atoms with Crippen LogP contribution in [0.5, 0.6) is 0 Å². The van der Waals surface area contributed by atoms with Crippen LogP contribution in [0.4, 0.5) is 17.3 Å². The standard InChI is InChI=1S/C23H21N7O3/c1-29-11-5-8-17(29)21(31)25-15-6-3-4-7-16(15)26-23-24-12-13-9-10-14-19(22(32)33)28-30(2)20(14)18(13)27-23/h3-8,11-12H,9-10H2,1-2H3,(H,25,31)(H,32,33)(H,24,26,27). The number of benzene rings is 1. The molecule has 1 aromatic carbocycles. The molecule has 3 N–H and O–H groups in total. The van der Waals surface area contributed by atoms with E-state index in [1.165, 1.54) is 0 Å². The maximum absolute atomic E-state index is 12.7. The summed E-state index contributed by atoms with van der Waals surface area (Å²) in [4.78, 5) is 33.4. The van der Waals surface area contributed by atoms with E-state index in [9.17, 15) is 14.7 Å². The highest BCUT2D eigenvalue weighted by molar-refractivity contribution is 6.05. The Labute approximate surface area is 188 Å². The Morgan fingerprint density at radius 1 is 1.06 bits per heavy atom. The van der Waals surface area contributed by atoms with Crippen LogP contribution >= 0.6 is 0 Å². The van der Waals surface area contributed by atoms with E-state index in [1.54, 1.807) is 34.6 Å². The summed E-state index contributed by atoms with van der Waals surface area (Å²) in [5.41, 5.74) is 4.75. The third-order valence-corrected chi connectivity index (χ3v) is 5.68. The molecule has 3 heterocycles. The number of anilines is 3. The number of nitrogens with zero attached hydrogens (tertiary/aromatic N) is 5. The van der Waals surface area contributed by atoms with E-state index in [2.05, 4.69) is 25.7 Å². The first-order valence-corrected chi connectivity index (χ1v) is 10.4. The van der Waals surface area contributed by atoms with Crippen molar-refractivity contribution in [3.8, 4) is 11.4 Å². The summed E-state index contributed by atoms with van der Waals surface area (Å²) in [5.74, 6) is -0.949. The first-order chi connectivity index (χ1) is 15.9. The van der Waals surface area contributed by atoms with Crippen molar-refractivity contribution >= 4 is 29.2 Å². The lowest BCUT2D eigenvalue weighted by Gasteiger charge is -2.18. The van der Waals surface area contributed by atoms with E-state index in [4.69, 9.17) is 0 Å². The van der Waals surface area contributed by atoms with Crippen LogP contribution < -0.4 is 10.6 Å². The van der Waals surface area contributed by atoms with Crippen LogP contribution in [0.15, 0.2) is 48.8 Å². The number of aryl methyl sites for hydroxylation is 3. The van der Waals surface area contributed by atoms with Gasteiger partial charge in [0, 0.05) is 32.1 Å². The molecule has 4 aromatic rings. The highest BCUT2D eigenvalue weighted by atomic mass is 16.4. The molecule has 0 atom stereocenters. The number of rotatable bonds is 5. The Hall–Kier alpha value is -4.47. The number of fused-ring (bicyclic) bond motifs is 3. The molecule has 0 aliphatic heterocycles. The second kappa shape index (κ2) is 7.90. The predicted molar refractivity (Wildman–Crippen MR) is 122 cm³/mol. The molecule has 166 valence electrons. The summed E-state index contributed by atoms with van der Waals surface area (Å²) in [5, 5.41) is 19.7. The number of hydrogen-bond donors (Lipinski definition) is 3. The Bertz CT molecular complexity index is 1400. The molecule has 0 radical (unpaired) electrons. The number of aromatic carboxylic acids is 1. The molecule has 5 rings (SSSR count). The van der Waals surface area contributed by atoms with Crippen LogP contribution in [0.1, 0.15) is 32.1 Å². The lowest BCUT2D eigenvalue weighted by Crippen LogP contribution is -2.16. The minimum atomic E-state index is -1.05. The third kappa shape index (κ3) is 3.61. The van der Waals surface area contributed by atoms with Gasteiger partial charge in [0.25, 0.3) is 5.91 Å². The topological polar surface area (TPSA) is 127 Å². The number of nitrogens with one attached hydrogen (secondary N) is 2. The van der Waals surface area contributed by atoms with Gasteiger partial charge in [0.1, 0.15) is 5.69 Å². The van der Waals surface area contributed by atoms with Gasteiger partial charge in [-0.3, -0.25) is 9.48 Å². The number of carboxylic acids is 1. The summed E-state index contributed by atoms with van der Waals surface area (Å²) in [6.45, 7) is 0. The number of carboxylic acid groups (broad SMARTS) is 1. The quantitative estimate of drug-likeness (QED) is 0.433. The molecular weight excluding hydrogens is 422 g/mol. The van der Waals surface area contributed by atoms with Crippen LogP contribution in [0.3, 0.4) is 0 Å². The fourth-order valence-corrected chi connectivity index (χ4v) is 4.09. The van der Waals surface area contributed by atoms with Gasteiger partial charge in [-0.05, 0) is 42.7 Å². The maximum Gasteiger partial charge on any atom is 0.356 e. The van der Waals surface area contributed by atoms with Crippen molar-refractivity contribution in [2.45, 2.75) is 12.8 Å². The van der Waals surface area contributed by atoms with Gasteiger partial charge in [-0.25, -0.2) is 14.8 Å². The molecule has 33 heavy (non-hydrogen) atoms. The van der Waals surface area contributed by atoms with Crippen molar-refractivity contribution in [3.63, 3.8) is 0 Å². The normalized spacial score (nSPS) is 12.1. The van der Waals surface area contributed by atoms with E-state index in [0.717, 1.165) is 5.56 Å². The highest BCUT2D eigenvalue weighted by Gasteiger charge is 2.28. The number of para-hydroxylation sites is 2. The van der Waals surface area contributed by atoms with Crippen molar-refractivity contribution in [3.05, 3.63) is 71.3 Å². The van der Waals surface area contributed by atoms with Crippen molar-refractivity contribution in [2.75, 3.05) is 10.6 Å². The lowest BCUT2D eigenvalue weighted by atomic mass is 9.93. The number of carbonyl (C=O) groups excluding carboxylic acids is 1. The molecular formula is C23H21N7O3. The van der Waals surface area contributed by atoms with Crippen molar-refractivity contribution in [1.29, 1.82) is 0 Å². The van der Waals surface area contributed by atoms with E-state index in [-0.39, 0.29) is 11.6 Å². The van der Waals surface area contributed by atoms with Gasteiger partial charge in [0.05, 0.1) is 22.8 Å². The molecule has 1 aliphatic carbocycles. The summed E-state index contributed by atoms with van der Waals surface area (Å²) in [6.07, 6.45) is 4.76. The lowest BCUT2D eigenvalue weighted by molar-refractivity contribution is 0.0688. The SMILES string of the molecule is Cn1cccc1C(=O)Nc1ccccc1Nc1ncc2c(n1)-c1c(c(C(=O)O)nn1C)CC2. The number of hydrogen-bond acceptors (Lipinski definition) is 6. The van der Waals surface area contributed by atoms with Crippen LogP contribution in [0.25, 0.3) is 11.4 Å². The molecule has 3 aromatic heterocycles. The van der Waals surface area contributed by atoms with Crippen LogP contribution in [-0.2, 0) is 26.9 Å². The molecule has 0 bridgehead atoms. The Morgan fingerprint density at radius 3 is 2.58 bits per heavy atom. The highest BCUT2D eigenvalue weighted by Crippen LogP contribution is 2.34. The average molecular weight is 443 g/mol. The third-order valence-electron chi connectivity index (χ3n) is 5.68. The van der Waals surface area contributed by atoms with Gasteiger partial charge in [-0.1, -0.05) is 12.1 Å². The summed E-state index contributed by atoms with van der Waals surface area (Å²) < 4.78 is 3.30. The second-order valence-corrected chi connectivity index (χ2v) is 7.80. The van der Waals surface area contributed by atoms with Crippen molar-refractivity contribution in [1.82, 2.24) is 24.3 Å². The average Bonchev–Trinajstić information content (AvgIpc) is 3.38. The van der Waals surface area contributed by atoms with E-state index >= 15 is 0 Å². The minimum Gasteiger partial charge on any atom is -0.476 e. The zero-order chi connectivity index (χ0) is 23.1. The minimum absolute atomic E-state index is 0.0556. The second-order valence-electron chi connectivity index (χ2n) is 7.80. The molecule has 10 heteroatoms. The summed E-state index contributed by atoms with van der Waals surface area (Å²) >= 11 is 0. The Morgan fingerprint density at radius 2 is 1.85 bits per heavy atom. The van der Waals surface area contributed by atoms with E-state index in [1.807, 2.05) is 37.5 Å². The van der Waals surface area contributed by atoms with Crippen molar-refractivity contribution in [2.24, 2.45) is 14.1 Å². The van der Waals surface area contributed by atoms with Gasteiger partial charge in [0.2, 0.25) is 5.95 Å². The van der Waals surface area contributed by atoms with Gasteiger partial charge < -0.3 is 20.3 Å². The fraction of sp³-hybridized carbons (Fsp3) is 0.174. The Kier molecular flexibility index (Phi) is 4.89. The molecule has 1 amide bonds. The molecule has 0 saturated heterocycles. The monoisotopic (exact) mass is 443 g/mol. The molecule has 1 aliphatic rings. The van der Waals surface area contributed by atoms with E-state index in [0.29, 0.717) is 52.8 Å².